The summed E-state index contributed by atoms with van der Waals surface area (Å²) in [6.45, 7) is 12.8. The zero-order chi connectivity index (χ0) is 40.0. The smallest absolute Gasteiger partial charge is 0.312 e. The van der Waals surface area contributed by atoms with Crippen LogP contribution in [0.4, 0.5) is 5.69 Å². The molecule has 5 rings (SSSR count). The molecule has 0 unspecified atom stereocenters. The fourth-order valence-corrected chi connectivity index (χ4v) is 7.60. The van der Waals surface area contributed by atoms with Crippen LogP contribution in [0.25, 0.3) is 21.7 Å². The number of esters is 1. The summed E-state index contributed by atoms with van der Waals surface area (Å²) in [5, 5.41) is 49.3. The molecule has 2 aromatic carbocycles. The second-order valence-corrected chi connectivity index (χ2v) is 14.6. The number of H-pyrrole nitrogens is 1. The van der Waals surface area contributed by atoms with Gasteiger partial charge in [0.1, 0.15) is 17.6 Å². The molecule has 0 spiro atoms. The molecule has 3 aromatic rings. The van der Waals surface area contributed by atoms with Crippen molar-refractivity contribution in [1.82, 2.24) is 4.98 Å². The molecule has 14 heteroatoms. The van der Waals surface area contributed by atoms with Crippen molar-refractivity contribution in [3.8, 4) is 17.2 Å². The van der Waals surface area contributed by atoms with Gasteiger partial charge in [-0.1, -0.05) is 45.9 Å². The Balaban J connectivity index is 1.72. The summed E-state index contributed by atoms with van der Waals surface area (Å²) >= 11 is 0. The molecule has 4 bridgehead atoms. The number of carbonyl (C=O) groups is 3. The Morgan fingerprint density at radius 3 is 2.30 bits per heavy atom. The molecule has 292 valence electrons. The topological polar surface area (TPSA) is 223 Å². The molecule has 0 saturated carbocycles. The molecular formula is C40H51N3O11. The number of hydrogen-bond donors (Lipinski definition) is 7. The number of fused-ring (bicyclic) bond motifs is 1. The summed E-state index contributed by atoms with van der Waals surface area (Å²) in [7, 11) is 1.45. The SMILES string of the molecule is CO[C@H]1/C=C/O[C@@]2(C)Oc3c(C)c(O)c4c(O)c(c5c(CN)c[nH]c5c4c3C2=O)NC(=O)/C(C)=C\C=C\[C@H](C)[C@H](O)[C@@H](C)[C@@H](O)[C@@H](C)[C@H](OC(C)=O)[C@@H]1C. The van der Waals surface area contributed by atoms with E-state index in [0.717, 1.165) is 0 Å². The summed E-state index contributed by atoms with van der Waals surface area (Å²) in [5.41, 5.74) is 7.33. The predicted octanol–water partition coefficient (Wildman–Crippen LogP) is 4.99. The van der Waals surface area contributed by atoms with Crippen molar-refractivity contribution in [3.63, 3.8) is 0 Å². The second-order valence-electron chi connectivity index (χ2n) is 14.6. The lowest BCUT2D eigenvalue weighted by molar-refractivity contribution is -0.160. The van der Waals surface area contributed by atoms with E-state index in [9.17, 15) is 34.8 Å². The number of aromatic nitrogens is 1. The van der Waals surface area contributed by atoms with Gasteiger partial charge in [-0.2, -0.15) is 0 Å². The fourth-order valence-electron chi connectivity index (χ4n) is 7.60. The number of aliphatic hydroxyl groups excluding tert-OH is 2. The number of nitrogens with one attached hydrogen (secondary N) is 2. The maximum absolute atomic E-state index is 14.4. The van der Waals surface area contributed by atoms with Crippen LogP contribution in [0.1, 0.15) is 70.0 Å². The summed E-state index contributed by atoms with van der Waals surface area (Å²) in [6, 6.07) is 0. The van der Waals surface area contributed by atoms with Crippen LogP contribution < -0.4 is 15.8 Å². The summed E-state index contributed by atoms with van der Waals surface area (Å²) in [6.07, 6.45) is 5.46. The monoisotopic (exact) mass is 749 g/mol. The lowest BCUT2D eigenvalue weighted by atomic mass is 9.78. The van der Waals surface area contributed by atoms with Gasteiger partial charge in [0.05, 0.1) is 46.7 Å². The largest absolute Gasteiger partial charge is 0.507 e. The molecule has 2 aliphatic heterocycles. The standard InChI is InChI=1S/C40H51N3O11/c1-17-11-10-12-18(2)39(50)43-31-26-24(15-41)16-42-30(26)27-28(35(31)48)34(47)22(6)37-29(27)38(49)40(8,54-37)52-14-13-25(51-9)19(3)36(53-23(7)44)21(5)33(46)20(4)32(17)45/h10-14,16-17,19-21,25,32-33,36,42,45-48H,15,41H2,1-9H3,(H,43,50)/b11-10+,14-13+,18-12-/t17-,19+,20+,21+,25-,32-,33+,36+,40-/m0/s1. The molecule has 0 radical (unpaired) electrons. The summed E-state index contributed by atoms with van der Waals surface area (Å²) in [4.78, 5) is 43.4. The van der Waals surface area contributed by atoms with E-state index >= 15 is 0 Å². The number of aromatic amines is 1. The number of carbonyl (C=O) groups excluding carboxylic acids is 3. The average Bonchev–Trinajstić information content (AvgIpc) is 3.68. The summed E-state index contributed by atoms with van der Waals surface area (Å²) in [5.74, 6) is -6.88. The first-order valence-electron chi connectivity index (χ1n) is 17.9. The molecule has 2 aliphatic rings. The van der Waals surface area contributed by atoms with Gasteiger partial charge in [0.2, 0.25) is 0 Å². The van der Waals surface area contributed by atoms with E-state index in [2.05, 4.69) is 10.3 Å². The van der Waals surface area contributed by atoms with Gasteiger partial charge in [0.15, 0.2) is 5.75 Å². The minimum absolute atomic E-state index is 0.00495. The number of amides is 1. The number of aliphatic hydroxyl groups is 2. The molecule has 0 saturated heterocycles. The maximum atomic E-state index is 14.4. The van der Waals surface area contributed by atoms with Crippen molar-refractivity contribution < 1.29 is 53.8 Å². The highest BCUT2D eigenvalue weighted by Crippen LogP contribution is 2.54. The molecule has 8 N–H and O–H groups in total. The number of methoxy groups -OCH3 is 1. The van der Waals surface area contributed by atoms with Gasteiger partial charge in [-0.3, -0.25) is 14.4 Å². The Morgan fingerprint density at radius 2 is 1.67 bits per heavy atom. The molecule has 1 amide bonds. The number of benzene rings is 2. The van der Waals surface area contributed by atoms with Crippen molar-refractivity contribution in [1.29, 1.82) is 0 Å². The lowest BCUT2D eigenvalue weighted by Gasteiger charge is -2.38. The van der Waals surface area contributed by atoms with Gasteiger partial charge in [0.25, 0.3) is 11.7 Å². The summed E-state index contributed by atoms with van der Waals surface area (Å²) < 4.78 is 23.7. The molecular weight excluding hydrogens is 698 g/mol. The molecule has 0 aliphatic carbocycles. The second kappa shape index (κ2) is 15.5. The van der Waals surface area contributed by atoms with Crippen molar-refractivity contribution in [2.45, 2.75) is 92.1 Å². The van der Waals surface area contributed by atoms with Gasteiger partial charge in [-0.15, -0.1) is 0 Å². The Morgan fingerprint density at radius 1 is 0.981 bits per heavy atom. The molecule has 1 aromatic heterocycles. The van der Waals surface area contributed by atoms with Gasteiger partial charge in [0, 0.05) is 79.3 Å². The average molecular weight is 750 g/mol. The Hall–Kier alpha value is -4.89. The van der Waals surface area contributed by atoms with Crippen LogP contribution in [0.3, 0.4) is 0 Å². The number of phenols is 2. The highest BCUT2D eigenvalue weighted by Gasteiger charge is 2.49. The van der Waals surface area contributed by atoms with Crippen LogP contribution >= 0.6 is 0 Å². The van der Waals surface area contributed by atoms with E-state index in [1.54, 1.807) is 59.0 Å². The fraction of sp³-hybridized carbons (Fsp3) is 0.475. The van der Waals surface area contributed by atoms with Crippen molar-refractivity contribution in [2.24, 2.45) is 29.4 Å². The zero-order valence-corrected chi connectivity index (χ0v) is 32.0. The van der Waals surface area contributed by atoms with Gasteiger partial charge < -0.3 is 55.4 Å². The van der Waals surface area contributed by atoms with Crippen LogP contribution in [0, 0.1) is 30.6 Å². The quantitative estimate of drug-likeness (QED) is 0.139. The first kappa shape index (κ1) is 40.3. The molecule has 14 nitrogen and oxygen atoms in total. The van der Waals surface area contributed by atoms with Crippen molar-refractivity contribution >= 4 is 45.0 Å². The number of aromatic hydroxyl groups is 2. The first-order valence-corrected chi connectivity index (χ1v) is 17.9. The van der Waals surface area contributed by atoms with E-state index in [1.807, 2.05) is 0 Å². The van der Waals surface area contributed by atoms with Crippen LogP contribution in [0.15, 0.2) is 42.3 Å². The number of allylic oxidation sites excluding steroid dienone is 2. The number of Topliss-reactive ketones (excluding diaryl/α,β-unsaturated/α-hetero) is 1. The number of phenolic OH excluding ortho intramolecular Hbond substituents is 2. The molecule has 54 heavy (non-hydrogen) atoms. The number of ketones is 1. The molecule has 3 heterocycles. The van der Waals surface area contributed by atoms with E-state index in [4.69, 9.17) is 24.7 Å². The lowest BCUT2D eigenvalue weighted by Crippen LogP contribution is -2.46. The third-order valence-electron chi connectivity index (χ3n) is 11.0. The van der Waals surface area contributed by atoms with Crippen LogP contribution in [0.2, 0.25) is 0 Å². The van der Waals surface area contributed by atoms with E-state index < -0.39 is 77.3 Å². The zero-order valence-electron chi connectivity index (χ0n) is 32.0. The number of anilines is 1. The van der Waals surface area contributed by atoms with Gasteiger partial charge in [-0.25, -0.2) is 0 Å². The third-order valence-corrected chi connectivity index (χ3v) is 11.0. The van der Waals surface area contributed by atoms with Gasteiger partial charge >= 0.3 is 11.8 Å². The number of hydrogen-bond acceptors (Lipinski definition) is 12. The predicted molar refractivity (Wildman–Crippen MR) is 202 cm³/mol. The minimum Gasteiger partial charge on any atom is -0.507 e. The molecule has 0 fully saturated rings. The van der Waals surface area contributed by atoms with Crippen LogP contribution in [0.5, 0.6) is 17.2 Å². The maximum Gasteiger partial charge on any atom is 0.312 e. The van der Waals surface area contributed by atoms with E-state index in [1.165, 1.54) is 40.2 Å². The van der Waals surface area contributed by atoms with Crippen molar-refractivity contribution in [3.05, 3.63) is 59.0 Å². The van der Waals surface area contributed by atoms with Crippen LogP contribution in [-0.4, -0.2) is 80.4 Å². The molecule has 9 atom stereocenters. The van der Waals surface area contributed by atoms with E-state index in [0.29, 0.717) is 16.5 Å². The first-order chi connectivity index (χ1) is 25.4. The third kappa shape index (κ3) is 6.94. The minimum atomic E-state index is -1.94. The van der Waals surface area contributed by atoms with Crippen molar-refractivity contribution in [2.75, 3.05) is 12.4 Å². The Labute approximate surface area is 313 Å². The Kier molecular flexibility index (Phi) is 11.5. The number of rotatable bonds is 3. The number of nitrogens with two attached hydrogens (primary N) is 1. The number of ether oxygens (including phenoxy) is 4. The Bertz CT molecular complexity index is 2070. The van der Waals surface area contributed by atoms with Crippen LogP contribution in [-0.2, 0) is 30.3 Å². The van der Waals surface area contributed by atoms with E-state index in [-0.39, 0.29) is 51.2 Å². The van der Waals surface area contributed by atoms with Gasteiger partial charge in [-0.05, 0) is 25.5 Å². The highest BCUT2D eigenvalue weighted by atomic mass is 16.7. The highest BCUT2D eigenvalue weighted by molar-refractivity contribution is 6.29. The normalized spacial score (nSPS) is 31.8.